The van der Waals surface area contributed by atoms with Crippen molar-refractivity contribution in [2.75, 3.05) is 26.9 Å². The minimum absolute atomic E-state index is 0.105. The first-order valence-corrected chi connectivity index (χ1v) is 8.81. The van der Waals surface area contributed by atoms with Crippen LogP contribution in [-0.2, 0) is 4.79 Å². The van der Waals surface area contributed by atoms with Gasteiger partial charge < -0.3 is 19.5 Å². The van der Waals surface area contributed by atoms with Crippen LogP contribution in [0.4, 0.5) is 0 Å². The Balaban J connectivity index is 1.38. The number of carbonyl (C=O) groups excluding carboxylic acids is 1. The van der Waals surface area contributed by atoms with Crippen LogP contribution in [0, 0.1) is 0 Å². The molecule has 28 heavy (non-hydrogen) atoms. The fourth-order valence-electron chi connectivity index (χ4n) is 2.44. The maximum absolute atomic E-state index is 11.9. The van der Waals surface area contributed by atoms with Crippen LogP contribution < -0.4 is 19.5 Å². The molecule has 7 nitrogen and oxygen atoms in total. The van der Waals surface area contributed by atoms with Crippen LogP contribution in [0.2, 0.25) is 0 Å². The van der Waals surface area contributed by atoms with E-state index in [0.717, 1.165) is 11.3 Å². The lowest BCUT2D eigenvalue weighted by atomic mass is 10.1. The Morgan fingerprint density at radius 1 is 0.893 bits per heavy atom. The average molecular weight is 379 g/mol. The first-order chi connectivity index (χ1) is 13.8. The molecule has 0 spiro atoms. The van der Waals surface area contributed by atoms with Gasteiger partial charge in [-0.15, -0.1) is 10.2 Å². The van der Waals surface area contributed by atoms with Gasteiger partial charge in [0.15, 0.2) is 18.1 Å². The molecule has 1 aromatic heterocycles. The summed E-state index contributed by atoms with van der Waals surface area (Å²) in [6.07, 6.45) is 0. The van der Waals surface area contributed by atoms with Crippen LogP contribution in [0.15, 0.2) is 66.7 Å². The molecular weight excluding hydrogens is 358 g/mol. The highest BCUT2D eigenvalue weighted by Gasteiger charge is 2.07. The van der Waals surface area contributed by atoms with Crippen molar-refractivity contribution in [1.82, 2.24) is 15.5 Å². The van der Waals surface area contributed by atoms with Gasteiger partial charge in [-0.1, -0.05) is 42.5 Å². The number of carbonyl (C=O) groups is 1. The van der Waals surface area contributed by atoms with Crippen LogP contribution in [0.1, 0.15) is 0 Å². The van der Waals surface area contributed by atoms with Crippen LogP contribution in [0.5, 0.6) is 17.4 Å². The van der Waals surface area contributed by atoms with Crippen molar-refractivity contribution in [2.45, 2.75) is 0 Å². The van der Waals surface area contributed by atoms with Crippen molar-refractivity contribution < 1.29 is 19.0 Å². The van der Waals surface area contributed by atoms with E-state index in [4.69, 9.17) is 14.2 Å². The highest BCUT2D eigenvalue weighted by Crippen LogP contribution is 2.25. The second-order valence-electron chi connectivity index (χ2n) is 5.76. The monoisotopic (exact) mass is 379 g/mol. The lowest BCUT2D eigenvalue weighted by molar-refractivity contribution is -0.123. The van der Waals surface area contributed by atoms with Crippen molar-refractivity contribution in [3.63, 3.8) is 0 Å². The van der Waals surface area contributed by atoms with Crippen molar-refractivity contribution in [2.24, 2.45) is 0 Å². The van der Waals surface area contributed by atoms with Gasteiger partial charge >= 0.3 is 0 Å². The predicted octanol–water partition coefficient (Wildman–Crippen LogP) is 2.73. The number of methoxy groups -OCH3 is 1. The van der Waals surface area contributed by atoms with Crippen LogP contribution in [0.25, 0.3) is 11.3 Å². The summed E-state index contributed by atoms with van der Waals surface area (Å²) in [5, 5.41) is 10.9. The Kier molecular flexibility index (Phi) is 6.78. The lowest BCUT2D eigenvalue weighted by Crippen LogP contribution is -2.32. The Morgan fingerprint density at radius 3 is 2.36 bits per heavy atom. The summed E-state index contributed by atoms with van der Waals surface area (Å²) in [5.41, 5.74) is 1.76. The number of nitrogens with one attached hydrogen (secondary N) is 1. The summed E-state index contributed by atoms with van der Waals surface area (Å²) < 4.78 is 16.1. The molecule has 3 aromatic rings. The second-order valence-corrected chi connectivity index (χ2v) is 5.76. The molecule has 1 amide bonds. The number of nitrogens with zero attached hydrogens (tertiary/aromatic N) is 2. The summed E-state index contributed by atoms with van der Waals surface area (Å²) in [4.78, 5) is 11.9. The van der Waals surface area contributed by atoms with E-state index in [1.54, 1.807) is 25.3 Å². The van der Waals surface area contributed by atoms with E-state index < -0.39 is 0 Å². The largest absolute Gasteiger partial charge is 0.493 e. The molecule has 0 radical (unpaired) electrons. The zero-order valence-electron chi connectivity index (χ0n) is 15.5. The molecule has 0 saturated carbocycles. The van der Waals surface area contributed by atoms with Crippen molar-refractivity contribution in [3.8, 4) is 28.6 Å². The van der Waals surface area contributed by atoms with Gasteiger partial charge in [0, 0.05) is 11.6 Å². The minimum Gasteiger partial charge on any atom is -0.493 e. The predicted molar refractivity (Wildman–Crippen MR) is 104 cm³/mol. The van der Waals surface area contributed by atoms with Gasteiger partial charge in [-0.05, 0) is 18.2 Å². The van der Waals surface area contributed by atoms with Crippen molar-refractivity contribution in [3.05, 3.63) is 66.7 Å². The van der Waals surface area contributed by atoms with E-state index in [-0.39, 0.29) is 19.1 Å². The van der Waals surface area contributed by atoms with E-state index in [1.807, 2.05) is 48.5 Å². The summed E-state index contributed by atoms with van der Waals surface area (Å²) in [6.45, 7) is 0.502. The fourth-order valence-corrected chi connectivity index (χ4v) is 2.44. The Morgan fingerprint density at radius 2 is 1.64 bits per heavy atom. The van der Waals surface area contributed by atoms with Gasteiger partial charge in [0.2, 0.25) is 5.88 Å². The number of aromatic nitrogens is 2. The van der Waals surface area contributed by atoms with Crippen LogP contribution >= 0.6 is 0 Å². The summed E-state index contributed by atoms with van der Waals surface area (Å²) >= 11 is 0. The summed E-state index contributed by atoms with van der Waals surface area (Å²) in [7, 11) is 1.55. The molecule has 1 heterocycles. The average Bonchev–Trinajstić information content (AvgIpc) is 2.76. The fraction of sp³-hybridized carbons (Fsp3) is 0.190. The molecule has 0 unspecified atom stereocenters. The molecule has 7 heteroatoms. The smallest absolute Gasteiger partial charge is 0.258 e. The Hall–Kier alpha value is -3.61. The number of para-hydroxylation sites is 2. The van der Waals surface area contributed by atoms with Gasteiger partial charge in [0.1, 0.15) is 6.61 Å². The Bertz CT molecular complexity index is 886. The van der Waals surface area contributed by atoms with Crippen molar-refractivity contribution in [1.29, 1.82) is 0 Å². The number of benzene rings is 2. The molecule has 3 rings (SSSR count). The maximum atomic E-state index is 11.9. The molecule has 1 N–H and O–H groups in total. The van der Waals surface area contributed by atoms with E-state index in [2.05, 4.69) is 15.5 Å². The third kappa shape index (κ3) is 5.44. The Labute approximate surface area is 163 Å². The number of amides is 1. The van der Waals surface area contributed by atoms with Crippen LogP contribution in [-0.4, -0.2) is 43.0 Å². The molecule has 144 valence electrons. The van der Waals surface area contributed by atoms with Crippen molar-refractivity contribution >= 4 is 5.91 Å². The standard InChI is InChI=1S/C21H21N3O4/c1-26-18-9-5-6-10-19(18)28-15-20(25)22-13-14-27-21-12-11-17(23-24-21)16-7-3-2-4-8-16/h2-12H,13-15H2,1H3,(H,22,25). The van der Waals surface area contributed by atoms with Gasteiger partial charge in [-0.3, -0.25) is 4.79 Å². The quantitative estimate of drug-likeness (QED) is 0.576. The molecule has 2 aromatic carbocycles. The second kappa shape index (κ2) is 9.91. The molecule has 0 fully saturated rings. The van der Waals surface area contributed by atoms with Gasteiger partial charge in [-0.2, -0.15) is 0 Å². The van der Waals surface area contributed by atoms with Gasteiger partial charge in [0.25, 0.3) is 5.91 Å². The first-order valence-electron chi connectivity index (χ1n) is 8.81. The van der Waals surface area contributed by atoms with E-state index >= 15 is 0 Å². The molecular formula is C21H21N3O4. The summed E-state index contributed by atoms with van der Waals surface area (Å²) in [6, 6.07) is 20.5. The van der Waals surface area contributed by atoms with E-state index in [0.29, 0.717) is 23.9 Å². The number of hydrogen-bond acceptors (Lipinski definition) is 6. The van der Waals surface area contributed by atoms with E-state index in [1.165, 1.54) is 0 Å². The lowest BCUT2D eigenvalue weighted by Gasteiger charge is -2.10. The number of rotatable bonds is 9. The van der Waals surface area contributed by atoms with Gasteiger partial charge in [0.05, 0.1) is 19.3 Å². The molecule has 0 aliphatic carbocycles. The molecule has 0 aliphatic heterocycles. The van der Waals surface area contributed by atoms with E-state index in [9.17, 15) is 4.79 Å². The zero-order chi connectivity index (χ0) is 19.6. The molecule has 0 aliphatic rings. The number of ether oxygens (including phenoxy) is 3. The normalized spacial score (nSPS) is 10.2. The first kappa shape index (κ1) is 19.2. The highest BCUT2D eigenvalue weighted by atomic mass is 16.5. The highest BCUT2D eigenvalue weighted by molar-refractivity contribution is 5.77. The minimum atomic E-state index is -0.250. The molecule has 0 atom stereocenters. The maximum Gasteiger partial charge on any atom is 0.258 e. The topological polar surface area (TPSA) is 82.6 Å². The van der Waals surface area contributed by atoms with Crippen LogP contribution in [0.3, 0.4) is 0 Å². The molecule has 0 bridgehead atoms. The third-order valence-corrected chi connectivity index (χ3v) is 3.81. The van der Waals surface area contributed by atoms with Gasteiger partial charge in [-0.25, -0.2) is 0 Å². The zero-order valence-corrected chi connectivity index (χ0v) is 15.5. The summed E-state index contributed by atoms with van der Waals surface area (Å²) in [5.74, 6) is 1.25. The molecule has 0 saturated heterocycles. The number of hydrogen-bond donors (Lipinski definition) is 1. The third-order valence-electron chi connectivity index (χ3n) is 3.81. The SMILES string of the molecule is COc1ccccc1OCC(=O)NCCOc1ccc(-c2ccccc2)nn1.